The average Bonchev–Trinajstić information content (AvgIpc) is 3.36. The monoisotopic (exact) mass is 383 g/mol. The van der Waals surface area contributed by atoms with Crippen molar-refractivity contribution in [3.05, 3.63) is 73.0 Å². The van der Waals surface area contributed by atoms with E-state index in [1.807, 2.05) is 53.0 Å². The number of carbonyl (C=O) groups is 1. The Morgan fingerprint density at radius 1 is 1.21 bits per heavy atom. The fraction of sp³-hybridized carbons (Fsp3) is 0.174. The van der Waals surface area contributed by atoms with E-state index in [2.05, 4.69) is 27.7 Å². The minimum Gasteiger partial charge on any atom is -0.350 e. The van der Waals surface area contributed by atoms with E-state index < -0.39 is 0 Å². The van der Waals surface area contributed by atoms with Gasteiger partial charge in [-0.15, -0.1) is 0 Å². The first-order valence-electron chi connectivity index (χ1n) is 9.70. The van der Waals surface area contributed by atoms with Crippen LogP contribution in [0.1, 0.15) is 24.4 Å². The third-order valence-corrected chi connectivity index (χ3v) is 5.26. The predicted molar refractivity (Wildman–Crippen MR) is 114 cm³/mol. The number of rotatable bonds is 5. The van der Waals surface area contributed by atoms with Crippen molar-refractivity contribution < 1.29 is 4.79 Å². The highest BCUT2D eigenvalue weighted by atomic mass is 16.1. The number of anilines is 1. The number of aryl methyl sites for hydroxylation is 1. The first-order chi connectivity index (χ1) is 14.2. The quantitative estimate of drug-likeness (QED) is 0.519. The first kappa shape index (κ1) is 17.4. The number of aromatic nitrogens is 4. The smallest absolute Gasteiger partial charge is 0.248 e. The lowest BCUT2D eigenvalue weighted by molar-refractivity contribution is -0.111. The molecule has 0 aliphatic heterocycles. The molecule has 1 aliphatic rings. The summed E-state index contributed by atoms with van der Waals surface area (Å²) in [6, 6.07) is 10.4. The Balaban J connectivity index is 1.35. The highest BCUT2D eigenvalue weighted by Gasteiger charge is 2.24. The van der Waals surface area contributed by atoms with Gasteiger partial charge in [0.15, 0.2) is 0 Å². The van der Waals surface area contributed by atoms with Crippen LogP contribution >= 0.6 is 0 Å². The lowest BCUT2D eigenvalue weighted by Gasteiger charge is -2.05. The third kappa shape index (κ3) is 3.57. The molecule has 1 amide bonds. The summed E-state index contributed by atoms with van der Waals surface area (Å²) < 4.78 is 4.06. The van der Waals surface area contributed by atoms with Gasteiger partial charge in [-0.2, -0.15) is 5.10 Å². The Kier molecular flexibility index (Phi) is 4.24. The SMILES string of the molecule is Cn1ccc2ccc(NC(=O)/C=C/c3cnccc3-c3cnn(C4CC4)c3)cc21. The molecule has 5 rings (SSSR count). The molecule has 0 saturated heterocycles. The van der Waals surface area contributed by atoms with Crippen LogP contribution in [0, 0.1) is 0 Å². The summed E-state index contributed by atoms with van der Waals surface area (Å²) in [6.45, 7) is 0. The molecule has 3 aromatic heterocycles. The number of hydrogen-bond donors (Lipinski definition) is 1. The Morgan fingerprint density at radius 2 is 2.10 bits per heavy atom. The second-order valence-electron chi connectivity index (χ2n) is 7.43. The third-order valence-electron chi connectivity index (χ3n) is 5.26. The van der Waals surface area contributed by atoms with Crippen molar-refractivity contribution in [3.8, 4) is 11.1 Å². The van der Waals surface area contributed by atoms with Crippen LogP contribution < -0.4 is 5.32 Å². The summed E-state index contributed by atoms with van der Waals surface area (Å²) in [4.78, 5) is 16.7. The van der Waals surface area contributed by atoms with Crippen molar-refractivity contribution in [2.45, 2.75) is 18.9 Å². The van der Waals surface area contributed by atoms with Gasteiger partial charge in [-0.25, -0.2) is 0 Å². The van der Waals surface area contributed by atoms with Gasteiger partial charge in [0.1, 0.15) is 0 Å². The van der Waals surface area contributed by atoms with Gasteiger partial charge in [0.2, 0.25) is 5.91 Å². The molecule has 1 N–H and O–H groups in total. The summed E-state index contributed by atoms with van der Waals surface area (Å²) in [7, 11) is 1.99. The number of carbonyl (C=O) groups excluding carboxylic acids is 1. The van der Waals surface area contributed by atoms with Crippen molar-refractivity contribution in [1.29, 1.82) is 0 Å². The van der Waals surface area contributed by atoms with Crippen LogP contribution in [0.25, 0.3) is 28.1 Å². The summed E-state index contributed by atoms with van der Waals surface area (Å²) in [5.41, 5.74) is 4.78. The second kappa shape index (κ2) is 7.05. The number of nitrogens with one attached hydrogen (secondary N) is 1. The number of benzene rings is 1. The van der Waals surface area contributed by atoms with E-state index in [4.69, 9.17) is 0 Å². The molecule has 144 valence electrons. The minimum atomic E-state index is -0.179. The van der Waals surface area contributed by atoms with Crippen LogP contribution in [0.3, 0.4) is 0 Å². The maximum atomic E-state index is 12.5. The van der Waals surface area contributed by atoms with Crippen molar-refractivity contribution in [2.75, 3.05) is 5.32 Å². The molecule has 6 nitrogen and oxygen atoms in total. The topological polar surface area (TPSA) is 64.7 Å². The Labute approximate surface area is 168 Å². The highest BCUT2D eigenvalue weighted by molar-refractivity contribution is 6.03. The van der Waals surface area contributed by atoms with Gasteiger partial charge in [0, 0.05) is 60.2 Å². The van der Waals surface area contributed by atoms with E-state index in [0.29, 0.717) is 6.04 Å². The molecule has 0 spiro atoms. The normalized spacial score (nSPS) is 14.0. The van der Waals surface area contributed by atoms with Crippen LogP contribution in [0.2, 0.25) is 0 Å². The number of pyridine rings is 1. The van der Waals surface area contributed by atoms with Crippen molar-refractivity contribution in [3.63, 3.8) is 0 Å². The van der Waals surface area contributed by atoms with E-state index in [1.165, 1.54) is 12.8 Å². The molecule has 0 bridgehead atoms. The van der Waals surface area contributed by atoms with Gasteiger partial charge in [-0.05, 0) is 54.1 Å². The maximum absolute atomic E-state index is 12.5. The molecule has 0 radical (unpaired) electrons. The van der Waals surface area contributed by atoms with Crippen LogP contribution in [0.5, 0.6) is 0 Å². The molecule has 0 atom stereocenters. The number of fused-ring (bicyclic) bond motifs is 1. The van der Waals surface area contributed by atoms with Gasteiger partial charge in [0.25, 0.3) is 0 Å². The van der Waals surface area contributed by atoms with Crippen LogP contribution in [0.15, 0.2) is 67.4 Å². The summed E-state index contributed by atoms with van der Waals surface area (Å²) in [5.74, 6) is -0.179. The fourth-order valence-electron chi connectivity index (χ4n) is 3.51. The van der Waals surface area contributed by atoms with E-state index in [9.17, 15) is 4.79 Å². The highest BCUT2D eigenvalue weighted by Crippen LogP contribution is 2.35. The van der Waals surface area contributed by atoms with Crippen molar-refractivity contribution in [1.82, 2.24) is 19.3 Å². The van der Waals surface area contributed by atoms with E-state index in [1.54, 1.807) is 24.5 Å². The van der Waals surface area contributed by atoms with Crippen LogP contribution in [-0.4, -0.2) is 25.2 Å². The van der Waals surface area contributed by atoms with Gasteiger partial charge >= 0.3 is 0 Å². The van der Waals surface area contributed by atoms with Gasteiger partial charge in [0.05, 0.1) is 12.2 Å². The van der Waals surface area contributed by atoms with Crippen LogP contribution in [0.4, 0.5) is 5.69 Å². The first-order valence-corrected chi connectivity index (χ1v) is 9.70. The number of hydrogen-bond acceptors (Lipinski definition) is 3. The molecular formula is C23H21N5O. The van der Waals surface area contributed by atoms with Gasteiger partial charge in [-0.3, -0.25) is 14.5 Å². The van der Waals surface area contributed by atoms with E-state index in [0.717, 1.165) is 33.3 Å². The minimum absolute atomic E-state index is 0.179. The lowest BCUT2D eigenvalue weighted by atomic mass is 10.0. The molecule has 3 heterocycles. The zero-order valence-electron chi connectivity index (χ0n) is 16.1. The summed E-state index contributed by atoms with van der Waals surface area (Å²) >= 11 is 0. The largest absolute Gasteiger partial charge is 0.350 e. The van der Waals surface area contributed by atoms with E-state index >= 15 is 0 Å². The second-order valence-corrected chi connectivity index (χ2v) is 7.43. The number of amides is 1. The van der Waals surface area contributed by atoms with Crippen molar-refractivity contribution in [2.24, 2.45) is 7.05 Å². The Hall–Kier alpha value is -3.67. The zero-order chi connectivity index (χ0) is 19.8. The van der Waals surface area contributed by atoms with Crippen LogP contribution in [-0.2, 0) is 11.8 Å². The predicted octanol–water partition coefficient (Wildman–Crippen LogP) is 4.42. The molecule has 1 fully saturated rings. The van der Waals surface area contributed by atoms with E-state index in [-0.39, 0.29) is 5.91 Å². The van der Waals surface area contributed by atoms with Gasteiger partial charge in [-0.1, -0.05) is 6.07 Å². The lowest BCUT2D eigenvalue weighted by Crippen LogP contribution is -2.07. The molecular weight excluding hydrogens is 362 g/mol. The summed E-state index contributed by atoms with van der Waals surface area (Å²) in [5, 5.41) is 8.54. The molecule has 29 heavy (non-hydrogen) atoms. The Morgan fingerprint density at radius 3 is 2.97 bits per heavy atom. The molecule has 4 aromatic rings. The molecule has 6 heteroatoms. The maximum Gasteiger partial charge on any atom is 0.248 e. The molecule has 1 saturated carbocycles. The zero-order valence-corrected chi connectivity index (χ0v) is 16.1. The Bertz CT molecular complexity index is 1230. The average molecular weight is 383 g/mol. The molecule has 0 unspecified atom stereocenters. The number of nitrogens with zero attached hydrogens (tertiary/aromatic N) is 4. The molecule has 1 aliphatic carbocycles. The standard InChI is InChI=1S/C23H21N5O/c1-27-11-9-16-2-4-19(12-22(16)27)26-23(29)7-3-17-13-24-10-8-21(17)18-14-25-28(15-18)20-5-6-20/h2-4,7-15,20H,5-6H2,1H3,(H,26,29)/b7-3+. The molecule has 1 aromatic carbocycles. The van der Waals surface area contributed by atoms with Crippen molar-refractivity contribution >= 4 is 28.6 Å². The summed E-state index contributed by atoms with van der Waals surface area (Å²) in [6.07, 6.45) is 15.2. The fourth-order valence-corrected chi connectivity index (χ4v) is 3.51. The van der Waals surface area contributed by atoms with Gasteiger partial charge < -0.3 is 9.88 Å².